The van der Waals surface area contributed by atoms with E-state index in [1.807, 2.05) is 18.7 Å². The van der Waals surface area contributed by atoms with E-state index in [9.17, 15) is 13.2 Å². The minimum absolute atomic E-state index is 0.0355. The molecule has 0 bridgehead atoms. The molecule has 2 aromatic heterocycles. The molecule has 0 saturated heterocycles. The van der Waals surface area contributed by atoms with E-state index in [0.29, 0.717) is 50.5 Å². The minimum Gasteiger partial charge on any atom is -0.475 e. The lowest BCUT2D eigenvalue weighted by atomic mass is 10.1. The van der Waals surface area contributed by atoms with Gasteiger partial charge in [-0.3, -0.25) is 4.79 Å². The van der Waals surface area contributed by atoms with Gasteiger partial charge in [-0.15, -0.1) is 0 Å². The van der Waals surface area contributed by atoms with Crippen molar-refractivity contribution in [1.82, 2.24) is 14.7 Å². The number of carbonyl (C=O) groups is 1. The molecule has 0 aliphatic heterocycles. The van der Waals surface area contributed by atoms with Crippen molar-refractivity contribution in [2.24, 2.45) is 5.92 Å². The predicted molar refractivity (Wildman–Crippen MR) is 131 cm³/mol. The average molecular weight is 494 g/mol. The second-order valence-electron chi connectivity index (χ2n) is 7.83. The van der Waals surface area contributed by atoms with Crippen LogP contribution in [0.2, 0.25) is 0 Å². The predicted octanol–water partition coefficient (Wildman–Crippen LogP) is 2.86. The molecule has 0 fully saturated rings. The molecule has 0 saturated carbocycles. The highest BCUT2D eigenvalue weighted by Gasteiger charge is 2.25. The number of amides is 1. The Morgan fingerprint density at radius 2 is 1.91 bits per heavy atom. The topological polar surface area (TPSA) is 137 Å². The van der Waals surface area contributed by atoms with E-state index in [-0.39, 0.29) is 16.4 Å². The Balaban J connectivity index is 2.36. The van der Waals surface area contributed by atoms with Crippen LogP contribution in [0.1, 0.15) is 50.9 Å². The summed E-state index contributed by atoms with van der Waals surface area (Å²) < 4.78 is 38.5. The van der Waals surface area contributed by atoms with Crippen LogP contribution in [0, 0.1) is 5.92 Å². The number of carbonyl (C=O) groups excluding carboxylic acids is 1. The van der Waals surface area contributed by atoms with Gasteiger partial charge in [-0.25, -0.2) is 9.71 Å². The zero-order valence-corrected chi connectivity index (χ0v) is 21.1. The maximum absolute atomic E-state index is 13.1. The smallest absolute Gasteiger partial charge is 0.281 e. The van der Waals surface area contributed by atoms with Crippen LogP contribution in [0.4, 0.5) is 11.6 Å². The highest BCUT2D eigenvalue weighted by atomic mass is 32.2. The summed E-state index contributed by atoms with van der Waals surface area (Å²) in [4.78, 5) is 23.4. The highest BCUT2D eigenvalue weighted by Crippen LogP contribution is 2.24. The summed E-state index contributed by atoms with van der Waals surface area (Å²) in [5, 5.41) is -0.338. The molecule has 2 rings (SSSR count). The largest absolute Gasteiger partial charge is 0.475 e. The summed E-state index contributed by atoms with van der Waals surface area (Å²) in [5.74, 6) is 0.258. The molecule has 2 heterocycles. The van der Waals surface area contributed by atoms with Crippen molar-refractivity contribution >= 4 is 27.6 Å². The molecule has 1 amide bonds. The van der Waals surface area contributed by atoms with Crippen molar-refractivity contribution in [3.63, 3.8) is 0 Å². The number of nitrogen functional groups attached to an aromatic ring is 1. The fraction of sp³-hybridized carbons (Fsp3) is 0.522. The van der Waals surface area contributed by atoms with Gasteiger partial charge in [0.2, 0.25) is 5.88 Å². The van der Waals surface area contributed by atoms with Crippen LogP contribution < -0.4 is 20.1 Å². The van der Waals surface area contributed by atoms with Crippen molar-refractivity contribution < 1.29 is 22.7 Å². The number of hydrogen-bond donors (Lipinski definition) is 2. The molecule has 10 nitrogen and oxygen atoms in total. The Labute approximate surface area is 201 Å². The van der Waals surface area contributed by atoms with E-state index < -0.39 is 15.9 Å². The number of anilines is 2. The first-order chi connectivity index (χ1) is 16.2. The van der Waals surface area contributed by atoms with Crippen molar-refractivity contribution in [2.75, 3.05) is 43.5 Å². The second-order valence-corrected chi connectivity index (χ2v) is 9.46. The van der Waals surface area contributed by atoms with Gasteiger partial charge in [0.05, 0.1) is 12.2 Å². The number of aromatic nitrogens is 2. The number of sulfonamides is 1. The summed E-state index contributed by atoms with van der Waals surface area (Å²) >= 11 is 0. The third-order valence-electron chi connectivity index (χ3n) is 5.02. The normalized spacial score (nSPS) is 12.2. The van der Waals surface area contributed by atoms with Crippen LogP contribution in [0.15, 0.2) is 35.4 Å². The van der Waals surface area contributed by atoms with E-state index >= 15 is 0 Å². The summed E-state index contributed by atoms with van der Waals surface area (Å²) in [6.45, 7) is 10.6. The Hall–Kier alpha value is -2.92. The molecular formula is C23H35N5O5S. The van der Waals surface area contributed by atoms with Crippen LogP contribution in [0.5, 0.6) is 5.88 Å². The third-order valence-corrected chi connectivity index (χ3v) is 6.25. The molecular weight excluding hydrogens is 458 g/mol. The van der Waals surface area contributed by atoms with Gasteiger partial charge in [-0.1, -0.05) is 26.3 Å². The number of nitrogens with one attached hydrogen (secondary N) is 1. The minimum atomic E-state index is -4.23. The van der Waals surface area contributed by atoms with Gasteiger partial charge in [0.15, 0.2) is 5.03 Å². The first kappa shape index (κ1) is 27.3. The maximum Gasteiger partial charge on any atom is 0.281 e. The fourth-order valence-electron chi connectivity index (χ4n) is 3.41. The molecule has 2 aromatic rings. The molecule has 0 spiro atoms. The standard InChI is InChI=1S/C23H35N5O5S/c1-5-9-17(4)16-28(6-2)22-18(12-13-20(26-22)33-15-14-32-7-3)23(29)27-34(30,31)21-11-8-10-19(24)25-21/h8,10-13,17H,5-7,9,14-16H2,1-4H3,(H2,24,25)(H,27,29)/t17-/m0/s1. The monoisotopic (exact) mass is 493 g/mol. The molecule has 3 N–H and O–H groups in total. The first-order valence-electron chi connectivity index (χ1n) is 11.5. The van der Waals surface area contributed by atoms with Crippen LogP contribution in [-0.2, 0) is 14.8 Å². The molecule has 0 radical (unpaired) electrons. The molecule has 0 unspecified atom stereocenters. The zero-order valence-electron chi connectivity index (χ0n) is 20.3. The van der Waals surface area contributed by atoms with Crippen molar-refractivity contribution in [2.45, 2.75) is 45.6 Å². The summed E-state index contributed by atoms with van der Waals surface area (Å²) in [6, 6.07) is 7.24. The second kappa shape index (κ2) is 13.1. The number of nitrogens with two attached hydrogens (primary N) is 1. The third kappa shape index (κ3) is 7.84. The number of nitrogens with zero attached hydrogens (tertiary/aromatic N) is 3. The van der Waals surface area contributed by atoms with Gasteiger partial charge < -0.3 is 20.1 Å². The maximum atomic E-state index is 13.1. The summed E-state index contributed by atoms with van der Waals surface area (Å²) in [6.07, 6.45) is 2.05. The number of ether oxygens (including phenoxy) is 2. The molecule has 188 valence electrons. The zero-order chi connectivity index (χ0) is 25.1. The van der Waals surface area contributed by atoms with Gasteiger partial charge in [-0.05, 0) is 44.4 Å². The van der Waals surface area contributed by atoms with Gasteiger partial charge in [0.1, 0.15) is 18.2 Å². The van der Waals surface area contributed by atoms with E-state index in [1.54, 1.807) is 6.07 Å². The van der Waals surface area contributed by atoms with Crippen LogP contribution in [0.25, 0.3) is 0 Å². The van der Waals surface area contributed by atoms with Gasteiger partial charge in [0.25, 0.3) is 15.9 Å². The molecule has 11 heteroatoms. The fourth-order valence-corrected chi connectivity index (χ4v) is 4.36. The lowest BCUT2D eigenvalue weighted by Crippen LogP contribution is -2.35. The van der Waals surface area contributed by atoms with E-state index in [1.165, 1.54) is 24.3 Å². The molecule has 34 heavy (non-hydrogen) atoms. The number of pyridine rings is 2. The Morgan fingerprint density at radius 1 is 1.15 bits per heavy atom. The SMILES string of the molecule is CCC[C@H](C)CN(CC)c1nc(OCCOCC)ccc1C(=O)NS(=O)(=O)c1cccc(N)n1. The first-order valence-corrected chi connectivity index (χ1v) is 13.0. The Bertz CT molecular complexity index is 1050. The van der Waals surface area contributed by atoms with E-state index in [4.69, 9.17) is 15.2 Å². The Morgan fingerprint density at radius 3 is 2.56 bits per heavy atom. The Kier molecular flexibility index (Phi) is 10.5. The highest BCUT2D eigenvalue weighted by molar-refractivity contribution is 7.90. The number of rotatable bonds is 14. The summed E-state index contributed by atoms with van der Waals surface area (Å²) in [5.41, 5.74) is 5.72. The molecule has 0 aromatic carbocycles. The quantitative estimate of drug-likeness (QED) is 0.381. The summed E-state index contributed by atoms with van der Waals surface area (Å²) in [7, 11) is -4.23. The van der Waals surface area contributed by atoms with E-state index in [2.05, 4.69) is 28.5 Å². The van der Waals surface area contributed by atoms with Gasteiger partial charge in [0, 0.05) is 25.8 Å². The molecule has 0 aliphatic rings. The average Bonchev–Trinajstić information content (AvgIpc) is 2.80. The van der Waals surface area contributed by atoms with Crippen LogP contribution in [-0.4, -0.2) is 57.2 Å². The van der Waals surface area contributed by atoms with Crippen molar-refractivity contribution in [1.29, 1.82) is 0 Å². The van der Waals surface area contributed by atoms with Gasteiger partial charge >= 0.3 is 0 Å². The lowest BCUT2D eigenvalue weighted by molar-refractivity contribution is 0.0980. The van der Waals surface area contributed by atoms with E-state index in [0.717, 1.165) is 12.8 Å². The van der Waals surface area contributed by atoms with Crippen molar-refractivity contribution in [3.8, 4) is 5.88 Å². The molecule has 0 aliphatic carbocycles. The van der Waals surface area contributed by atoms with Crippen LogP contribution in [0.3, 0.4) is 0 Å². The number of hydrogen-bond acceptors (Lipinski definition) is 9. The van der Waals surface area contributed by atoms with Crippen molar-refractivity contribution in [3.05, 3.63) is 35.9 Å². The lowest BCUT2D eigenvalue weighted by Gasteiger charge is -2.27. The van der Waals surface area contributed by atoms with Gasteiger partial charge in [-0.2, -0.15) is 13.4 Å². The molecule has 1 atom stereocenters. The van der Waals surface area contributed by atoms with Crippen LogP contribution >= 0.6 is 0 Å².